The van der Waals surface area contributed by atoms with E-state index in [0.29, 0.717) is 12.2 Å². The first-order chi connectivity index (χ1) is 14.3. The molecule has 0 saturated carbocycles. The van der Waals surface area contributed by atoms with Crippen LogP contribution in [0.25, 0.3) is 27.7 Å². The maximum Gasteiger partial charge on any atom is 0.295 e. The summed E-state index contributed by atoms with van der Waals surface area (Å²) in [5.41, 5.74) is 3.05. The average Bonchev–Trinajstić information content (AvgIpc) is 3.18. The average molecular weight is 380 g/mol. The summed E-state index contributed by atoms with van der Waals surface area (Å²) in [5.74, 6) is 0.626. The van der Waals surface area contributed by atoms with Gasteiger partial charge < -0.3 is 5.32 Å². The minimum Gasteiger partial charge on any atom is -0.343 e. The smallest absolute Gasteiger partial charge is 0.295 e. The van der Waals surface area contributed by atoms with Crippen molar-refractivity contribution in [3.8, 4) is 11.4 Å². The van der Waals surface area contributed by atoms with Crippen molar-refractivity contribution < 1.29 is 9.20 Å². The van der Waals surface area contributed by atoms with E-state index in [2.05, 4.69) is 20.3 Å². The van der Waals surface area contributed by atoms with Crippen LogP contribution in [0.2, 0.25) is 0 Å². The zero-order valence-corrected chi connectivity index (χ0v) is 15.5. The van der Waals surface area contributed by atoms with Gasteiger partial charge in [0.25, 0.3) is 11.7 Å². The number of imidazole rings is 1. The summed E-state index contributed by atoms with van der Waals surface area (Å²) in [4.78, 5) is 24.9. The van der Waals surface area contributed by atoms with Gasteiger partial charge in [0.05, 0.1) is 24.0 Å². The lowest BCUT2D eigenvalue weighted by atomic mass is 10.1. The summed E-state index contributed by atoms with van der Waals surface area (Å²) < 4.78 is 1.96. The van der Waals surface area contributed by atoms with Gasteiger partial charge >= 0.3 is 0 Å². The molecule has 6 nitrogen and oxygen atoms in total. The second kappa shape index (κ2) is 7.16. The molecule has 5 rings (SSSR count). The number of amides is 1. The number of H-pyrrole nitrogens is 1. The predicted octanol–water partition coefficient (Wildman–Crippen LogP) is 3.29. The monoisotopic (exact) mass is 380 g/mol. The molecular weight excluding hydrogens is 362 g/mol. The Morgan fingerprint density at radius 2 is 1.90 bits per heavy atom. The highest BCUT2D eigenvalue weighted by Crippen LogP contribution is 2.18. The van der Waals surface area contributed by atoms with E-state index in [-0.39, 0.29) is 5.91 Å². The summed E-state index contributed by atoms with van der Waals surface area (Å²) >= 11 is 0. The van der Waals surface area contributed by atoms with Crippen LogP contribution in [0.3, 0.4) is 0 Å². The van der Waals surface area contributed by atoms with E-state index in [4.69, 9.17) is 0 Å². The summed E-state index contributed by atoms with van der Waals surface area (Å²) in [6.07, 6.45) is 7.19. The van der Waals surface area contributed by atoms with Crippen molar-refractivity contribution in [3.63, 3.8) is 0 Å². The zero-order valence-electron chi connectivity index (χ0n) is 15.5. The van der Waals surface area contributed by atoms with Crippen LogP contribution in [0, 0.1) is 0 Å². The molecule has 0 unspecified atom stereocenters. The first-order valence-electron chi connectivity index (χ1n) is 9.35. The van der Waals surface area contributed by atoms with Crippen LogP contribution in [0.15, 0.2) is 85.5 Å². The fourth-order valence-electron chi connectivity index (χ4n) is 3.55. The number of nitrogens with zero attached hydrogens (tertiary/aromatic N) is 3. The fraction of sp³-hybridized carbons (Fsp3) is 0.0435. The van der Waals surface area contributed by atoms with Crippen LogP contribution < -0.4 is 9.72 Å². The largest absolute Gasteiger partial charge is 0.343 e. The Hall–Kier alpha value is -4.06. The third kappa shape index (κ3) is 3.10. The summed E-state index contributed by atoms with van der Waals surface area (Å²) in [7, 11) is 0. The number of fused-ring (bicyclic) bond motifs is 2. The van der Waals surface area contributed by atoms with Crippen LogP contribution in [0.4, 0.5) is 0 Å². The normalized spacial score (nSPS) is 11.0. The van der Waals surface area contributed by atoms with E-state index < -0.39 is 0 Å². The molecule has 0 atom stereocenters. The first kappa shape index (κ1) is 17.1. The van der Waals surface area contributed by atoms with Crippen LogP contribution >= 0.6 is 0 Å². The molecule has 0 bridgehead atoms. The summed E-state index contributed by atoms with van der Waals surface area (Å²) in [6.45, 7) is 0.348. The maximum atomic E-state index is 13.0. The van der Waals surface area contributed by atoms with E-state index in [1.165, 1.54) is 0 Å². The molecule has 0 aliphatic rings. The second-order valence-electron chi connectivity index (χ2n) is 6.71. The Bertz CT molecular complexity index is 1320. The number of pyridine rings is 3. The first-order valence-corrected chi connectivity index (χ1v) is 9.35. The SMILES string of the molecule is O=C(NCc1nccc2ccccc12)c1[nH]c(-c2cccnc2)[n+]2ccccc12. The number of rotatable bonds is 4. The van der Waals surface area contributed by atoms with Crippen LogP contribution in [0.1, 0.15) is 16.2 Å². The molecule has 6 heteroatoms. The number of carbonyl (C=O) groups excluding carboxylic acids is 1. The minimum atomic E-state index is -0.182. The Kier molecular flexibility index (Phi) is 4.22. The molecule has 1 aromatic carbocycles. The summed E-state index contributed by atoms with van der Waals surface area (Å²) in [5, 5.41) is 5.14. The topological polar surface area (TPSA) is 74.8 Å². The van der Waals surface area contributed by atoms with Crippen LogP contribution in [0.5, 0.6) is 0 Å². The van der Waals surface area contributed by atoms with Gasteiger partial charge in [0.1, 0.15) is 0 Å². The number of aromatic amines is 1. The number of nitrogens with one attached hydrogen (secondary N) is 2. The molecule has 29 heavy (non-hydrogen) atoms. The molecule has 5 aromatic rings. The second-order valence-corrected chi connectivity index (χ2v) is 6.71. The van der Waals surface area contributed by atoms with E-state index in [0.717, 1.165) is 33.4 Å². The van der Waals surface area contributed by atoms with E-state index in [1.807, 2.05) is 71.3 Å². The molecular formula is C23H18N5O+. The number of hydrogen-bond donors (Lipinski definition) is 2. The minimum absolute atomic E-state index is 0.182. The Labute approximate surface area is 166 Å². The Balaban J connectivity index is 1.49. The highest BCUT2D eigenvalue weighted by Gasteiger charge is 2.24. The Morgan fingerprint density at radius 3 is 2.79 bits per heavy atom. The molecule has 0 fully saturated rings. The van der Waals surface area contributed by atoms with E-state index in [1.54, 1.807) is 18.6 Å². The van der Waals surface area contributed by atoms with Gasteiger partial charge in [-0.3, -0.25) is 14.8 Å². The number of aromatic nitrogens is 4. The molecule has 1 amide bonds. The maximum absolute atomic E-state index is 13.0. The van der Waals surface area contributed by atoms with Crippen molar-refractivity contribution in [2.45, 2.75) is 6.54 Å². The van der Waals surface area contributed by atoms with Gasteiger partial charge in [-0.15, -0.1) is 0 Å². The zero-order chi connectivity index (χ0) is 19.6. The van der Waals surface area contributed by atoms with E-state index in [9.17, 15) is 4.79 Å². The Morgan fingerprint density at radius 1 is 1.00 bits per heavy atom. The van der Waals surface area contributed by atoms with Gasteiger partial charge in [-0.05, 0) is 35.7 Å². The molecule has 4 heterocycles. The van der Waals surface area contributed by atoms with Crippen molar-refractivity contribution in [1.82, 2.24) is 20.3 Å². The van der Waals surface area contributed by atoms with Crippen molar-refractivity contribution in [3.05, 3.63) is 96.8 Å². The van der Waals surface area contributed by atoms with Gasteiger partial charge in [-0.2, -0.15) is 4.40 Å². The highest BCUT2D eigenvalue weighted by atomic mass is 16.1. The molecule has 2 N–H and O–H groups in total. The van der Waals surface area contributed by atoms with Gasteiger partial charge in [-0.1, -0.05) is 30.3 Å². The third-order valence-corrected chi connectivity index (χ3v) is 4.93. The quantitative estimate of drug-likeness (QED) is 0.470. The lowest BCUT2D eigenvalue weighted by Gasteiger charge is -2.06. The van der Waals surface area contributed by atoms with Gasteiger partial charge in [0.2, 0.25) is 5.69 Å². The number of carbonyl (C=O) groups is 1. The molecule has 140 valence electrons. The van der Waals surface area contributed by atoms with Crippen molar-refractivity contribution in [2.75, 3.05) is 0 Å². The fourth-order valence-corrected chi connectivity index (χ4v) is 3.55. The van der Waals surface area contributed by atoms with Crippen molar-refractivity contribution in [2.24, 2.45) is 0 Å². The van der Waals surface area contributed by atoms with Crippen LogP contribution in [-0.4, -0.2) is 20.9 Å². The van der Waals surface area contributed by atoms with E-state index >= 15 is 0 Å². The number of hydrogen-bond acceptors (Lipinski definition) is 3. The standard InChI is InChI=1S/C23H17N5O/c29-23(26-15-19-18-8-2-1-6-16(18)10-12-25-19)21-20-9-3-4-13-28(20)22(27-21)17-7-5-11-24-14-17/h1-14H,15H2,(H,26,29)/p+1. The van der Waals surface area contributed by atoms with Crippen LogP contribution in [-0.2, 0) is 6.54 Å². The third-order valence-electron chi connectivity index (χ3n) is 4.93. The molecule has 0 spiro atoms. The van der Waals surface area contributed by atoms with Gasteiger partial charge in [-0.25, -0.2) is 4.98 Å². The molecule has 4 aromatic heterocycles. The predicted molar refractivity (Wildman–Crippen MR) is 110 cm³/mol. The number of benzene rings is 1. The molecule has 0 aliphatic heterocycles. The summed E-state index contributed by atoms with van der Waals surface area (Å²) in [6, 6.07) is 19.6. The van der Waals surface area contributed by atoms with Gasteiger partial charge in [0.15, 0.2) is 5.52 Å². The lowest BCUT2D eigenvalue weighted by Crippen LogP contribution is -2.25. The molecule has 0 aliphatic carbocycles. The highest BCUT2D eigenvalue weighted by molar-refractivity contribution is 5.98. The van der Waals surface area contributed by atoms with Crippen molar-refractivity contribution >= 4 is 22.2 Å². The van der Waals surface area contributed by atoms with Crippen molar-refractivity contribution in [1.29, 1.82) is 0 Å². The molecule has 0 saturated heterocycles. The lowest BCUT2D eigenvalue weighted by molar-refractivity contribution is -0.498. The molecule has 0 radical (unpaired) electrons. The van der Waals surface area contributed by atoms with Gasteiger partial charge in [0, 0.05) is 24.0 Å².